The van der Waals surface area contributed by atoms with Crippen molar-refractivity contribution in [2.75, 3.05) is 6.61 Å². The second-order valence-corrected chi connectivity index (χ2v) is 3.87. The molecule has 0 radical (unpaired) electrons. The molecule has 0 bridgehead atoms. The summed E-state index contributed by atoms with van der Waals surface area (Å²) >= 11 is 0. The molecule has 0 atom stereocenters. The highest BCUT2D eigenvalue weighted by Crippen LogP contribution is 2.32. The zero-order valence-electron chi connectivity index (χ0n) is 8.22. The molecule has 3 heteroatoms. The lowest BCUT2D eigenvalue weighted by Crippen LogP contribution is -2.12. The molecular formula is C10H14O3. The third-order valence-electron chi connectivity index (χ3n) is 1.95. The van der Waals surface area contributed by atoms with Crippen LogP contribution >= 0.6 is 0 Å². The van der Waals surface area contributed by atoms with Gasteiger partial charge in [-0.05, 0) is 12.3 Å². The summed E-state index contributed by atoms with van der Waals surface area (Å²) < 4.78 is 4.76. The van der Waals surface area contributed by atoms with Gasteiger partial charge in [0.15, 0.2) is 5.78 Å². The van der Waals surface area contributed by atoms with E-state index >= 15 is 0 Å². The molecule has 0 unspecified atom stereocenters. The third-order valence-corrected chi connectivity index (χ3v) is 1.95. The lowest BCUT2D eigenvalue weighted by molar-refractivity contribution is -0.139. The zero-order valence-corrected chi connectivity index (χ0v) is 8.22. The molecule has 0 aliphatic heterocycles. The van der Waals surface area contributed by atoms with Crippen LogP contribution in [0.4, 0.5) is 0 Å². The first-order chi connectivity index (χ1) is 5.96. The fourth-order valence-electron chi connectivity index (χ4n) is 1.41. The lowest BCUT2D eigenvalue weighted by atomic mass is 9.93. The van der Waals surface area contributed by atoms with Crippen molar-refractivity contribution in [1.82, 2.24) is 0 Å². The van der Waals surface area contributed by atoms with Crippen LogP contribution in [0.15, 0.2) is 11.6 Å². The van der Waals surface area contributed by atoms with E-state index in [1.54, 1.807) is 13.0 Å². The van der Waals surface area contributed by atoms with Gasteiger partial charge in [-0.2, -0.15) is 0 Å². The molecule has 0 aromatic carbocycles. The molecule has 0 saturated heterocycles. The second kappa shape index (κ2) is 3.32. The molecule has 0 saturated carbocycles. The molecule has 1 aliphatic rings. The van der Waals surface area contributed by atoms with Gasteiger partial charge in [0, 0.05) is 6.42 Å². The van der Waals surface area contributed by atoms with Crippen LogP contribution in [0.3, 0.4) is 0 Å². The minimum Gasteiger partial charge on any atom is -0.462 e. The van der Waals surface area contributed by atoms with Crippen LogP contribution in [-0.2, 0) is 14.3 Å². The summed E-state index contributed by atoms with van der Waals surface area (Å²) in [6.45, 7) is 5.89. The Morgan fingerprint density at radius 2 is 2.23 bits per heavy atom. The number of carbonyl (C=O) groups excluding carboxylic acids is 2. The molecule has 13 heavy (non-hydrogen) atoms. The second-order valence-electron chi connectivity index (χ2n) is 3.87. The Morgan fingerprint density at radius 1 is 1.62 bits per heavy atom. The molecule has 0 amide bonds. The predicted octanol–water partition coefficient (Wildman–Crippen LogP) is 1.47. The first-order valence-corrected chi connectivity index (χ1v) is 4.39. The van der Waals surface area contributed by atoms with Crippen LogP contribution in [0.1, 0.15) is 27.2 Å². The minimum atomic E-state index is -0.488. The van der Waals surface area contributed by atoms with Crippen molar-refractivity contribution in [3.63, 3.8) is 0 Å². The van der Waals surface area contributed by atoms with Gasteiger partial charge in [0.25, 0.3) is 0 Å². The van der Waals surface area contributed by atoms with Gasteiger partial charge >= 0.3 is 5.97 Å². The summed E-state index contributed by atoms with van der Waals surface area (Å²) in [4.78, 5) is 22.6. The molecule has 0 fully saturated rings. The van der Waals surface area contributed by atoms with Gasteiger partial charge in [0.2, 0.25) is 0 Å². The zero-order chi connectivity index (χ0) is 10.1. The summed E-state index contributed by atoms with van der Waals surface area (Å²) in [5.41, 5.74) is 0.0194. The van der Waals surface area contributed by atoms with Crippen LogP contribution in [0, 0.1) is 5.41 Å². The van der Waals surface area contributed by atoms with E-state index in [0.717, 1.165) is 0 Å². The monoisotopic (exact) mass is 182 g/mol. The van der Waals surface area contributed by atoms with E-state index < -0.39 is 5.97 Å². The highest BCUT2D eigenvalue weighted by Gasteiger charge is 2.34. The maximum atomic E-state index is 11.3. The van der Waals surface area contributed by atoms with Crippen molar-refractivity contribution < 1.29 is 14.3 Å². The number of ketones is 1. The number of allylic oxidation sites excluding steroid dienone is 1. The molecule has 1 aliphatic carbocycles. The largest absolute Gasteiger partial charge is 0.462 e. The van der Waals surface area contributed by atoms with Crippen LogP contribution in [0.25, 0.3) is 0 Å². The highest BCUT2D eigenvalue weighted by atomic mass is 16.5. The van der Waals surface area contributed by atoms with Crippen LogP contribution in [0.5, 0.6) is 0 Å². The van der Waals surface area contributed by atoms with Crippen molar-refractivity contribution in [2.24, 2.45) is 5.41 Å². The average Bonchev–Trinajstić information content (AvgIpc) is 2.25. The number of carbonyl (C=O) groups is 2. The fourth-order valence-corrected chi connectivity index (χ4v) is 1.41. The van der Waals surface area contributed by atoms with E-state index in [2.05, 4.69) is 0 Å². The quantitative estimate of drug-likeness (QED) is 0.480. The summed E-state index contributed by atoms with van der Waals surface area (Å²) in [7, 11) is 0. The van der Waals surface area contributed by atoms with E-state index in [0.29, 0.717) is 13.0 Å². The predicted molar refractivity (Wildman–Crippen MR) is 48.1 cm³/mol. The van der Waals surface area contributed by atoms with Gasteiger partial charge in [-0.1, -0.05) is 19.9 Å². The number of hydrogen-bond donors (Lipinski definition) is 0. The Morgan fingerprint density at radius 3 is 2.62 bits per heavy atom. The highest BCUT2D eigenvalue weighted by molar-refractivity contribution is 6.19. The normalized spacial score (nSPS) is 19.9. The Labute approximate surface area is 77.8 Å². The Bertz CT molecular complexity index is 274. The number of esters is 1. The molecule has 0 aromatic heterocycles. The number of Topliss-reactive ketones (excluding diaryl/α,β-unsaturated/α-hetero) is 1. The maximum absolute atomic E-state index is 11.3. The van der Waals surface area contributed by atoms with E-state index in [1.807, 2.05) is 13.8 Å². The lowest BCUT2D eigenvalue weighted by Gasteiger charge is -2.10. The fraction of sp³-hybridized carbons (Fsp3) is 0.600. The Balaban J connectivity index is 2.81. The molecule has 72 valence electrons. The topological polar surface area (TPSA) is 43.4 Å². The van der Waals surface area contributed by atoms with E-state index in [1.165, 1.54) is 0 Å². The molecular weight excluding hydrogens is 168 g/mol. The summed E-state index contributed by atoms with van der Waals surface area (Å²) in [5, 5.41) is 0. The van der Waals surface area contributed by atoms with Gasteiger partial charge in [0.05, 0.1) is 12.2 Å². The van der Waals surface area contributed by atoms with Crippen molar-refractivity contribution in [3.05, 3.63) is 11.6 Å². The van der Waals surface area contributed by atoms with Crippen LogP contribution in [-0.4, -0.2) is 18.4 Å². The van der Waals surface area contributed by atoms with E-state index in [4.69, 9.17) is 4.74 Å². The summed E-state index contributed by atoms with van der Waals surface area (Å²) in [6.07, 6.45) is 2.11. The molecule has 3 nitrogen and oxygen atoms in total. The van der Waals surface area contributed by atoms with Gasteiger partial charge < -0.3 is 4.74 Å². The number of rotatable bonds is 2. The van der Waals surface area contributed by atoms with E-state index in [9.17, 15) is 9.59 Å². The molecule has 0 spiro atoms. The minimum absolute atomic E-state index is 0.108. The molecule has 0 N–H and O–H groups in total. The van der Waals surface area contributed by atoms with Crippen molar-refractivity contribution in [1.29, 1.82) is 0 Å². The first-order valence-electron chi connectivity index (χ1n) is 4.39. The molecule has 0 aromatic rings. The maximum Gasteiger partial charge on any atom is 0.341 e. The van der Waals surface area contributed by atoms with E-state index in [-0.39, 0.29) is 16.8 Å². The summed E-state index contributed by atoms with van der Waals surface area (Å²) in [5.74, 6) is -0.596. The van der Waals surface area contributed by atoms with Gasteiger partial charge in [-0.15, -0.1) is 0 Å². The van der Waals surface area contributed by atoms with Crippen LogP contribution < -0.4 is 0 Å². The summed E-state index contributed by atoms with van der Waals surface area (Å²) in [6, 6.07) is 0. The van der Waals surface area contributed by atoms with Crippen molar-refractivity contribution in [2.45, 2.75) is 27.2 Å². The number of hydrogen-bond acceptors (Lipinski definition) is 3. The van der Waals surface area contributed by atoms with Gasteiger partial charge in [-0.3, -0.25) is 4.79 Å². The van der Waals surface area contributed by atoms with Gasteiger partial charge in [-0.25, -0.2) is 4.79 Å². The average molecular weight is 182 g/mol. The Hall–Kier alpha value is -1.12. The van der Waals surface area contributed by atoms with Crippen LogP contribution in [0.2, 0.25) is 0 Å². The standard InChI is InChI=1S/C10H14O3/c1-4-13-9(12)7-5-10(2,3)6-8(7)11/h5H,4,6H2,1-3H3. The third kappa shape index (κ3) is 2.17. The molecule has 1 rings (SSSR count). The Kier molecular flexibility index (Phi) is 2.55. The first kappa shape index (κ1) is 9.96. The van der Waals surface area contributed by atoms with Crippen molar-refractivity contribution >= 4 is 11.8 Å². The van der Waals surface area contributed by atoms with Gasteiger partial charge in [0.1, 0.15) is 0 Å². The SMILES string of the molecule is CCOC(=O)C1=CC(C)(C)CC1=O. The smallest absolute Gasteiger partial charge is 0.341 e. The number of ether oxygens (including phenoxy) is 1. The van der Waals surface area contributed by atoms with Crippen molar-refractivity contribution in [3.8, 4) is 0 Å². The molecule has 0 heterocycles.